The molecule has 104 valence electrons. The molecule has 3 aliphatic rings. The van der Waals surface area contributed by atoms with Crippen LogP contribution in [0.3, 0.4) is 0 Å². The normalized spacial score (nSPS) is 44.8. The first kappa shape index (κ1) is 12.9. The molecule has 2 aliphatic carbocycles. The van der Waals surface area contributed by atoms with Crippen LogP contribution in [0.25, 0.3) is 0 Å². The second kappa shape index (κ2) is 4.79. The molecule has 3 fully saturated rings. The van der Waals surface area contributed by atoms with Crippen molar-refractivity contribution in [3.8, 4) is 0 Å². The molecule has 0 amide bonds. The van der Waals surface area contributed by atoms with E-state index in [9.17, 15) is 0 Å². The van der Waals surface area contributed by atoms with Crippen molar-refractivity contribution < 1.29 is 0 Å². The summed E-state index contributed by atoms with van der Waals surface area (Å²) in [5, 5.41) is 0. The van der Waals surface area contributed by atoms with Crippen LogP contribution in [-0.4, -0.2) is 29.6 Å². The molecule has 2 heteroatoms. The molecule has 1 heterocycles. The van der Waals surface area contributed by atoms with Gasteiger partial charge in [0, 0.05) is 18.1 Å². The topological polar surface area (TPSA) is 29.3 Å². The number of hydrogen-bond acceptors (Lipinski definition) is 2. The van der Waals surface area contributed by atoms with Crippen LogP contribution < -0.4 is 5.73 Å². The lowest BCUT2D eigenvalue weighted by Crippen LogP contribution is -2.57. The van der Waals surface area contributed by atoms with Crippen LogP contribution in [0, 0.1) is 11.3 Å². The Hall–Kier alpha value is -0.0800. The van der Waals surface area contributed by atoms with E-state index in [1.54, 1.807) is 0 Å². The van der Waals surface area contributed by atoms with Gasteiger partial charge in [-0.3, -0.25) is 4.90 Å². The Morgan fingerprint density at radius 3 is 2.39 bits per heavy atom. The van der Waals surface area contributed by atoms with E-state index in [1.807, 2.05) is 0 Å². The third kappa shape index (κ3) is 2.12. The molecule has 0 radical (unpaired) electrons. The highest BCUT2D eigenvalue weighted by Crippen LogP contribution is 2.43. The van der Waals surface area contributed by atoms with Crippen LogP contribution in [0.1, 0.15) is 65.2 Å². The van der Waals surface area contributed by atoms with Crippen molar-refractivity contribution in [2.24, 2.45) is 17.1 Å². The van der Waals surface area contributed by atoms with Crippen molar-refractivity contribution in [3.63, 3.8) is 0 Å². The van der Waals surface area contributed by atoms with Crippen molar-refractivity contribution in [1.82, 2.24) is 4.90 Å². The summed E-state index contributed by atoms with van der Waals surface area (Å²) in [6, 6.07) is 1.93. The molecule has 0 bridgehead atoms. The SMILES string of the molecule is CC1(C)CCC(N2CCC[C@H]3CCCC[C@H]32)C1N. The highest BCUT2D eigenvalue weighted by atomic mass is 15.2. The predicted molar refractivity (Wildman–Crippen MR) is 76.5 cm³/mol. The highest BCUT2D eigenvalue weighted by molar-refractivity contribution is 5.02. The first-order valence-corrected chi connectivity index (χ1v) is 8.11. The lowest BCUT2D eigenvalue weighted by atomic mass is 9.77. The van der Waals surface area contributed by atoms with Crippen LogP contribution in [0.4, 0.5) is 0 Å². The van der Waals surface area contributed by atoms with E-state index in [0.717, 1.165) is 12.0 Å². The highest BCUT2D eigenvalue weighted by Gasteiger charge is 2.46. The minimum Gasteiger partial charge on any atom is -0.326 e. The average Bonchev–Trinajstić information content (AvgIpc) is 2.64. The zero-order valence-electron chi connectivity index (χ0n) is 12.2. The molecule has 0 aromatic heterocycles. The fourth-order valence-corrected chi connectivity index (χ4v) is 4.83. The molecular weight excluding hydrogens is 220 g/mol. The molecule has 0 aromatic carbocycles. The van der Waals surface area contributed by atoms with Crippen molar-refractivity contribution in [2.45, 2.75) is 83.3 Å². The first-order valence-electron chi connectivity index (χ1n) is 8.11. The number of rotatable bonds is 1. The van der Waals surface area contributed by atoms with E-state index in [2.05, 4.69) is 18.7 Å². The monoisotopic (exact) mass is 250 g/mol. The Kier molecular flexibility index (Phi) is 3.44. The van der Waals surface area contributed by atoms with Gasteiger partial charge in [0.05, 0.1) is 0 Å². The first-order chi connectivity index (χ1) is 8.59. The van der Waals surface area contributed by atoms with E-state index >= 15 is 0 Å². The van der Waals surface area contributed by atoms with E-state index in [4.69, 9.17) is 5.73 Å². The van der Waals surface area contributed by atoms with E-state index in [-0.39, 0.29) is 0 Å². The van der Waals surface area contributed by atoms with Crippen LogP contribution in [0.5, 0.6) is 0 Å². The lowest BCUT2D eigenvalue weighted by Gasteiger charge is -2.48. The summed E-state index contributed by atoms with van der Waals surface area (Å²) in [5.74, 6) is 0.989. The van der Waals surface area contributed by atoms with Gasteiger partial charge in [0.15, 0.2) is 0 Å². The molecule has 3 rings (SSSR count). The number of likely N-dealkylation sites (tertiary alicyclic amines) is 1. The van der Waals surface area contributed by atoms with Crippen molar-refractivity contribution >= 4 is 0 Å². The molecule has 0 spiro atoms. The minimum atomic E-state index is 0.353. The fraction of sp³-hybridized carbons (Fsp3) is 1.00. The number of fused-ring (bicyclic) bond motifs is 1. The molecule has 0 aromatic rings. The molecule has 2 saturated carbocycles. The molecule has 2 N–H and O–H groups in total. The summed E-state index contributed by atoms with van der Waals surface area (Å²) in [6.07, 6.45) is 11.4. The van der Waals surface area contributed by atoms with Crippen LogP contribution >= 0.6 is 0 Å². The summed E-state index contributed by atoms with van der Waals surface area (Å²) in [6.45, 7) is 6.04. The Morgan fingerprint density at radius 1 is 0.944 bits per heavy atom. The van der Waals surface area contributed by atoms with Gasteiger partial charge in [-0.05, 0) is 56.4 Å². The number of nitrogens with two attached hydrogens (primary N) is 1. The number of piperidine rings is 1. The maximum absolute atomic E-state index is 6.57. The maximum Gasteiger partial charge on any atom is 0.0255 e. The standard InChI is InChI=1S/C16H30N2/c1-16(2)10-9-14(15(16)17)18-11-5-7-12-6-3-4-8-13(12)18/h12-15H,3-11,17H2,1-2H3/t12-,13-,14?,15?/m1/s1. The molecule has 1 saturated heterocycles. The third-order valence-corrected chi connectivity index (χ3v) is 6.11. The summed E-state index contributed by atoms with van der Waals surface area (Å²) >= 11 is 0. The Bertz CT molecular complexity index is 297. The molecule has 18 heavy (non-hydrogen) atoms. The lowest BCUT2D eigenvalue weighted by molar-refractivity contribution is 0.0180. The number of hydrogen-bond donors (Lipinski definition) is 1. The molecule has 1 aliphatic heterocycles. The van der Waals surface area contributed by atoms with Crippen LogP contribution in [0.2, 0.25) is 0 Å². The fourth-order valence-electron chi connectivity index (χ4n) is 4.83. The van der Waals surface area contributed by atoms with E-state index in [1.165, 1.54) is 57.9 Å². The van der Waals surface area contributed by atoms with Gasteiger partial charge in [0.2, 0.25) is 0 Å². The zero-order valence-corrected chi connectivity index (χ0v) is 12.2. The van der Waals surface area contributed by atoms with Gasteiger partial charge in [0.25, 0.3) is 0 Å². The van der Waals surface area contributed by atoms with Crippen molar-refractivity contribution in [1.29, 1.82) is 0 Å². The second-order valence-electron chi connectivity index (χ2n) is 7.61. The largest absolute Gasteiger partial charge is 0.326 e. The summed E-state index contributed by atoms with van der Waals surface area (Å²) in [5.41, 5.74) is 6.92. The molecule has 2 nitrogen and oxygen atoms in total. The maximum atomic E-state index is 6.57. The summed E-state index contributed by atoms with van der Waals surface area (Å²) in [4.78, 5) is 2.84. The summed E-state index contributed by atoms with van der Waals surface area (Å²) in [7, 11) is 0. The van der Waals surface area contributed by atoms with Gasteiger partial charge in [0.1, 0.15) is 0 Å². The third-order valence-electron chi connectivity index (χ3n) is 6.11. The van der Waals surface area contributed by atoms with Crippen molar-refractivity contribution in [3.05, 3.63) is 0 Å². The van der Waals surface area contributed by atoms with Crippen LogP contribution in [0.15, 0.2) is 0 Å². The Balaban J connectivity index is 1.75. The smallest absolute Gasteiger partial charge is 0.0255 e. The quantitative estimate of drug-likeness (QED) is 0.774. The van der Waals surface area contributed by atoms with E-state index in [0.29, 0.717) is 17.5 Å². The van der Waals surface area contributed by atoms with Gasteiger partial charge in [-0.1, -0.05) is 26.7 Å². The molecule has 2 unspecified atom stereocenters. The van der Waals surface area contributed by atoms with Gasteiger partial charge >= 0.3 is 0 Å². The molecular formula is C16H30N2. The Morgan fingerprint density at radius 2 is 1.67 bits per heavy atom. The van der Waals surface area contributed by atoms with Gasteiger partial charge in [-0.15, -0.1) is 0 Å². The second-order valence-corrected chi connectivity index (χ2v) is 7.61. The molecule has 4 atom stereocenters. The minimum absolute atomic E-state index is 0.353. The average molecular weight is 250 g/mol. The van der Waals surface area contributed by atoms with Gasteiger partial charge in [-0.25, -0.2) is 0 Å². The van der Waals surface area contributed by atoms with Gasteiger partial charge in [-0.2, -0.15) is 0 Å². The van der Waals surface area contributed by atoms with E-state index < -0.39 is 0 Å². The number of nitrogens with zero attached hydrogens (tertiary/aromatic N) is 1. The summed E-state index contributed by atoms with van der Waals surface area (Å²) < 4.78 is 0. The van der Waals surface area contributed by atoms with Gasteiger partial charge < -0.3 is 5.73 Å². The van der Waals surface area contributed by atoms with Crippen molar-refractivity contribution in [2.75, 3.05) is 6.54 Å². The van der Waals surface area contributed by atoms with Crippen LogP contribution in [-0.2, 0) is 0 Å². The Labute approximate surface area is 112 Å². The zero-order chi connectivity index (χ0) is 12.8. The predicted octanol–water partition coefficient (Wildman–Crippen LogP) is 3.16.